The maximum absolute atomic E-state index is 13.7. The smallest absolute Gasteiger partial charge is 0.326 e. The van der Waals surface area contributed by atoms with Gasteiger partial charge in [-0.3, -0.25) is 19.2 Å². The molecule has 4 amide bonds. The number of carbonyl (C=O) groups is 5. The summed E-state index contributed by atoms with van der Waals surface area (Å²) in [5, 5.41) is 27.7. The lowest BCUT2D eigenvalue weighted by Crippen LogP contribution is -2.58. The maximum Gasteiger partial charge on any atom is 0.326 e. The number of nitrogens with two attached hydrogens (primary N) is 2. The number of amides is 4. The van der Waals surface area contributed by atoms with E-state index in [4.69, 9.17) is 11.5 Å². The molecule has 10 N–H and O–H groups in total. The Morgan fingerprint density at radius 1 is 0.841 bits per heavy atom. The molecule has 3 aromatic rings. The summed E-state index contributed by atoms with van der Waals surface area (Å²) in [6.07, 6.45) is 1.67. The molecule has 236 valence electrons. The van der Waals surface area contributed by atoms with Crippen molar-refractivity contribution in [3.63, 3.8) is 0 Å². The first-order chi connectivity index (χ1) is 20.8. The second kappa shape index (κ2) is 15.5. The van der Waals surface area contributed by atoms with Crippen LogP contribution in [0.25, 0.3) is 10.9 Å². The molecule has 0 aliphatic carbocycles. The van der Waals surface area contributed by atoms with Gasteiger partial charge in [0.1, 0.15) is 23.9 Å². The monoisotopic (exact) mass is 608 g/mol. The first kappa shape index (κ1) is 33.6. The summed E-state index contributed by atoms with van der Waals surface area (Å²) in [6.45, 7) is 3.67. The number of primary amides is 1. The number of carbonyl (C=O) groups excluding carboxylic acids is 4. The minimum atomic E-state index is -1.39. The average Bonchev–Trinajstić information content (AvgIpc) is 3.37. The lowest BCUT2D eigenvalue weighted by atomic mass is 9.99. The Morgan fingerprint density at radius 3 is 2.09 bits per heavy atom. The number of fused-ring (bicyclic) bond motifs is 1. The Balaban J connectivity index is 1.82. The Kier molecular flexibility index (Phi) is 11.9. The number of aromatic amines is 1. The topological polar surface area (TPSA) is 230 Å². The van der Waals surface area contributed by atoms with E-state index in [9.17, 15) is 34.2 Å². The second-order valence-corrected chi connectivity index (χ2v) is 11.2. The molecule has 0 aliphatic rings. The standard InChI is InChI=1S/C31H40N6O7/c1-17(2)13-25(29(41)35-24(31(43)44)11-12-27(33)39)37-30(42)26(15-19-16-34-23-6-4-3-5-21(19)23)36-28(40)22(32)14-18-7-9-20(38)10-8-18/h3-10,16-17,22,24-26,34,38H,11-15,32H2,1-2H3,(H2,33,39)(H,35,41)(H,36,40)(H,37,42)(H,43,44). The quantitative estimate of drug-likeness (QED) is 0.116. The average molecular weight is 609 g/mol. The van der Waals surface area contributed by atoms with E-state index < -0.39 is 53.8 Å². The van der Waals surface area contributed by atoms with Crippen molar-refractivity contribution in [3.8, 4) is 5.75 Å². The molecule has 0 spiro atoms. The number of hydrogen-bond acceptors (Lipinski definition) is 7. The number of para-hydroxylation sites is 1. The third-order valence-electron chi connectivity index (χ3n) is 7.09. The third kappa shape index (κ3) is 9.83. The fourth-order valence-corrected chi connectivity index (χ4v) is 4.78. The van der Waals surface area contributed by atoms with E-state index in [1.807, 2.05) is 38.1 Å². The summed E-state index contributed by atoms with van der Waals surface area (Å²) in [4.78, 5) is 66.2. The number of H-pyrrole nitrogens is 1. The van der Waals surface area contributed by atoms with Gasteiger partial charge in [-0.2, -0.15) is 0 Å². The van der Waals surface area contributed by atoms with Crippen LogP contribution in [0.3, 0.4) is 0 Å². The number of carboxylic acid groups (broad SMARTS) is 1. The van der Waals surface area contributed by atoms with Crippen LogP contribution in [-0.4, -0.2) is 69.0 Å². The summed E-state index contributed by atoms with van der Waals surface area (Å²) in [5.74, 6) is -4.06. The van der Waals surface area contributed by atoms with Crippen LogP contribution < -0.4 is 27.4 Å². The van der Waals surface area contributed by atoms with E-state index >= 15 is 0 Å². The summed E-state index contributed by atoms with van der Waals surface area (Å²) < 4.78 is 0. The van der Waals surface area contributed by atoms with Gasteiger partial charge in [0.05, 0.1) is 6.04 Å². The molecule has 0 bridgehead atoms. The Bertz CT molecular complexity index is 1470. The first-order valence-electron chi connectivity index (χ1n) is 14.3. The molecule has 13 nitrogen and oxygen atoms in total. The number of rotatable bonds is 16. The van der Waals surface area contributed by atoms with Crippen LogP contribution in [0.2, 0.25) is 0 Å². The zero-order valence-electron chi connectivity index (χ0n) is 24.7. The van der Waals surface area contributed by atoms with E-state index in [0.717, 1.165) is 16.5 Å². The number of hydrogen-bond donors (Lipinski definition) is 8. The number of aromatic hydroxyl groups is 1. The van der Waals surface area contributed by atoms with Gasteiger partial charge in [-0.05, 0) is 54.5 Å². The number of nitrogens with one attached hydrogen (secondary N) is 4. The van der Waals surface area contributed by atoms with Crippen molar-refractivity contribution in [2.75, 3.05) is 0 Å². The van der Waals surface area contributed by atoms with Crippen LogP contribution in [0, 0.1) is 5.92 Å². The van der Waals surface area contributed by atoms with E-state index in [0.29, 0.717) is 5.56 Å². The Morgan fingerprint density at radius 2 is 1.45 bits per heavy atom. The molecular weight excluding hydrogens is 568 g/mol. The number of phenols is 1. The van der Waals surface area contributed by atoms with Crippen LogP contribution in [0.5, 0.6) is 5.75 Å². The molecule has 0 saturated heterocycles. The van der Waals surface area contributed by atoms with Crippen molar-refractivity contribution in [1.82, 2.24) is 20.9 Å². The highest BCUT2D eigenvalue weighted by Gasteiger charge is 2.31. The fraction of sp³-hybridized carbons (Fsp3) is 0.387. The molecule has 4 atom stereocenters. The van der Waals surface area contributed by atoms with Crippen LogP contribution in [0.4, 0.5) is 0 Å². The molecule has 13 heteroatoms. The van der Waals surface area contributed by atoms with Gasteiger partial charge in [-0.25, -0.2) is 4.79 Å². The summed E-state index contributed by atoms with van der Waals surface area (Å²) in [5.41, 5.74) is 13.6. The van der Waals surface area contributed by atoms with Gasteiger partial charge in [0.15, 0.2) is 0 Å². The molecule has 3 rings (SSSR count). The van der Waals surface area contributed by atoms with Crippen molar-refractivity contribution in [1.29, 1.82) is 0 Å². The second-order valence-electron chi connectivity index (χ2n) is 11.2. The molecular formula is C31H40N6O7. The number of benzene rings is 2. The lowest BCUT2D eigenvalue weighted by Gasteiger charge is -2.26. The van der Waals surface area contributed by atoms with Crippen molar-refractivity contribution >= 4 is 40.5 Å². The summed E-state index contributed by atoms with van der Waals surface area (Å²) in [7, 11) is 0. The molecule has 1 aromatic heterocycles. The lowest BCUT2D eigenvalue weighted by molar-refractivity contribution is -0.142. The third-order valence-corrected chi connectivity index (χ3v) is 7.09. The van der Waals surface area contributed by atoms with Gasteiger partial charge < -0.3 is 42.6 Å². The highest BCUT2D eigenvalue weighted by atomic mass is 16.4. The minimum Gasteiger partial charge on any atom is -0.508 e. The van der Waals surface area contributed by atoms with Gasteiger partial charge in [0.25, 0.3) is 0 Å². The van der Waals surface area contributed by atoms with Crippen LogP contribution in [0.1, 0.15) is 44.2 Å². The molecule has 0 saturated carbocycles. The fourth-order valence-electron chi connectivity index (χ4n) is 4.78. The molecule has 2 aromatic carbocycles. The predicted molar refractivity (Wildman–Crippen MR) is 163 cm³/mol. The Hall–Kier alpha value is -4.91. The normalized spacial score (nSPS) is 13.9. The van der Waals surface area contributed by atoms with Crippen molar-refractivity contribution in [2.24, 2.45) is 17.4 Å². The highest BCUT2D eigenvalue weighted by Crippen LogP contribution is 2.20. The Labute approximate surface area is 254 Å². The van der Waals surface area contributed by atoms with Gasteiger partial charge in [0.2, 0.25) is 23.6 Å². The molecule has 0 aliphatic heterocycles. The summed E-state index contributed by atoms with van der Waals surface area (Å²) in [6, 6.07) is 9.03. The van der Waals surface area contributed by atoms with Gasteiger partial charge >= 0.3 is 5.97 Å². The van der Waals surface area contributed by atoms with Crippen LogP contribution in [-0.2, 0) is 36.8 Å². The van der Waals surface area contributed by atoms with Crippen LogP contribution in [0.15, 0.2) is 54.7 Å². The van der Waals surface area contributed by atoms with E-state index in [-0.39, 0.29) is 43.8 Å². The van der Waals surface area contributed by atoms with E-state index in [2.05, 4.69) is 20.9 Å². The zero-order chi connectivity index (χ0) is 32.4. The number of carboxylic acids is 1. The molecule has 0 fully saturated rings. The van der Waals surface area contributed by atoms with Crippen LogP contribution >= 0.6 is 0 Å². The maximum atomic E-state index is 13.7. The number of aliphatic carboxylic acids is 1. The summed E-state index contributed by atoms with van der Waals surface area (Å²) >= 11 is 0. The van der Waals surface area contributed by atoms with E-state index in [1.165, 1.54) is 12.1 Å². The molecule has 4 unspecified atom stereocenters. The SMILES string of the molecule is CC(C)CC(NC(=O)C(Cc1c[nH]c2ccccc12)NC(=O)C(N)Cc1ccc(O)cc1)C(=O)NC(CCC(N)=O)C(=O)O. The first-order valence-corrected chi connectivity index (χ1v) is 14.3. The molecule has 0 radical (unpaired) electrons. The van der Waals surface area contributed by atoms with E-state index in [1.54, 1.807) is 18.3 Å². The largest absolute Gasteiger partial charge is 0.508 e. The zero-order valence-corrected chi connectivity index (χ0v) is 24.7. The van der Waals surface area contributed by atoms with Crippen molar-refractivity contribution in [2.45, 2.75) is 70.1 Å². The van der Waals surface area contributed by atoms with Gasteiger partial charge in [-0.15, -0.1) is 0 Å². The van der Waals surface area contributed by atoms with Crippen molar-refractivity contribution in [3.05, 3.63) is 65.9 Å². The van der Waals surface area contributed by atoms with Gasteiger partial charge in [-0.1, -0.05) is 44.2 Å². The molecule has 44 heavy (non-hydrogen) atoms. The highest BCUT2D eigenvalue weighted by molar-refractivity contribution is 5.95. The van der Waals surface area contributed by atoms with Gasteiger partial charge in [0, 0.05) is 29.9 Å². The minimum absolute atomic E-state index is 0.0691. The number of phenolic OH excluding ortho intramolecular Hbond substituents is 1. The molecule has 1 heterocycles. The predicted octanol–water partition coefficient (Wildman–Crippen LogP) is 0.837. The number of aromatic nitrogens is 1. The van der Waals surface area contributed by atoms with Crippen molar-refractivity contribution < 1.29 is 34.2 Å².